The Morgan fingerprint density at radius 1 is 1.45 bits per heavy atom. The molecule has 0 spiro atoms. The van der Waals surface area contributed by atoms with Crippen molar-refractivity contribution in [2.45, 2.75) is 39.2 Å². The van der Waals surface area contributed by atoms with Gasteiger partial charge in [-0.05, 0) is 13.0 Å². The second kappa shape index (κ2) is 8.02. The smallest absolute Gasteiger partial charge is 0.162 e. The van der Waals surface area contributed by atoms with E-state index in [-0.39, 0.29) is 9.76 Å². The van der Waals surface area contributed by atoms with Crippen molar-refractivity contribution in [2.75, 3.05) is 6.61 Å². The lowest BCUT2D eigenvalue weighted by atomic mass is 10.3. The van der Waals surface area contributed by atoms with E-state index >= 15 is 0 Å². The monoisotopic (exact) mass is 172 g/mol. The standard InChI is InChI=1S/C9H20OSi/c1-4-5-6-7-11-10-8-9(2)3/h2,4-8,11H2,1,3H3. The van der Waals surface area contributed by atoms with Gasteiger partial charge in [0, 0.05) is 0 Å². The molecule has 0 atom stereocenters. The van der Waals surface area contributed by atoms with Crippen molar-refractivity contribution >= 4 is 9.76 Å². The summed E-state index contributed by atoms with van der Waals surface area (Å²) in [7, 11) is -0.213. The van der Waals surface area contributed by atoms with Crippen molar-refractivity contribution in [1.82, 2.24) is 0 Å². The van der Waals surface area contributed by atoms with E-state index in [1.807, 2.05) is 6.92 Å². The lowest BCUT2D eigenvalue weighted by molar-refractivity contribution is 0.372. The Labute approximate surface area is 72.8 Å². The summed E-state index contributed by atoms with van der Waals surface area (Å²) in [6, 6.07) is 1.33. The first-order chi connectivity index (χ1) is 5.27. The lowest BCUT2D eigenvalue weighted by Gasteiger charge is -2.01. The van der Waals surface area contributed by atoms with Crippen molar-refractivity contribution in [2.24, 2.45) is 0 Å². The zero-order valence-electron chi connectivity index (χ0n) is 7.86. The van der Waals surface area contributed by atoms with E-state index in [4.69, 9.17) is 4.43 Å². The first kappa shape index (κ1) is 10.9. The van der Waals surface area contributed by atoms with Crippen LogP contribution in [0, 0.1) is 0 Å². The molecule has 0 rings (SSSR count). The number of hydrogen-bond donors (Lipinski definition) is 0. The van der Waals surface area contributed by atoms with Crippen LogP contribution in [0.1, 0.15) is 33.1 Å². The molecule has 0 saturated carbocycles. The predicted octanol–water partition coefficient (Wildman–Crippen LogP) is 2.27. The number of hydrogen-bond acceptors (Lipinski definition) is 1. The van der Waals surface area contributed by atoms with E-state index < -0.39 is 0 Å². The van der Waals surface area contributed by atoms with Crippen molar-refractivity contribution in [3.8, 4) is 0 Å². The van der Waals surface area contributed by atoms with Crippen LogP contribution in [-0.2, 0) is 4.43 Å². The third kappa shape index (κ3) is 9.92. The highest BCUT2D eigenvalue weighted by Gasteiger charge is 1.89. The molecule has 0 unspecified atom stereocenters. The first-order valence-corrected chi connectivity index (χ1v) is 6.07. The molecule has 0 heterocycles. The van der Waals surface area contributed by atoms with E-state index in [0.29, 0.717) is 0 Å². The van der Waals surface area contributed by atoms with Gasteiger partial charge < -0.3 is 4.43 Å². The maximum Gasteiger partial charge on any atom is 0.162 e. The molecule has 0 aromatic carbocycles. The Morgan fingerprint density at radius 2 is 2.18 bits per heavy atom. The predicted molar refractivity (Wildman–Crippen MR) is 53.6 cm³/mol. The molecule has 0 radical (unpaired) electrons. The van der Waals surface area contributed by atoms with E-state index in [1.165, 1.54) is 25.3 Å². The first-order valence-electron chi connectivity index (χ1n) is 4.49. The Balaban J connectivity index is 2.85. The highest BCUT2D eigenvalue weighted by molar-refractivity contribution is 6.27. The molecule has 66 valence electrons. The molecule has 11 heavy (non-hydrogen) atoms. The maximum atomic E-state index is 5.48. The molecule has 0 N–H and O–H groups in total. The minimum Gasteiger partial charge on any atom is -0.420 e. The molecular formula is C9H20OSi. The fourth-order valence-corrected chi connectivity index (χ4v) is 2.13. The molecule has 2 heteroatoms. The zero-order chi connectivity index (χ0) is 8.53. The van der Waals surface area contributed by atoms with Crippen LogP contribution >= 0.6 is 0 Å². The molecular weight excluding hydrogens is 152 g/mol. The van der Waals surface area contributed by atoms with Crippen LogP contribution < -0.4 is 0 Å². The second-order valence-electron chi connectivity index (χ2n) is 3.07. The van der Waals surface area contributed by atoms with Gasteiger partial charge in [0.1, 0.15) is 0 Å². The highest BCUT2D eigenvalue weighted by Crippen LogP contribution is 1.99. The zero-order valence-corrected chi connectivity index (χ0v) is 9.27. The average Bonchev–Trinajstić information content (AvgIpc) is 1.96. The van der Waals surface area contributed by atoms with Crippen molar-refractivity contribution in [3.05, 3.63) is 12.2 Å². The van der Waals surface area contributed by atoms with E-state index in [9.17, 15) is 0 Å². The Kier molecular flexibility index (Phi) is 7.96. The van der Waals surface area contributed by atoms with Gasteiger partial charge in [0.25, 0.3) is 0 Å². The summed E-state index contributed by atoms with van der Waals surface area (Å²) >= 11 is 0. The summed E-state index contributed by atoms with van der Waals surface area (Å²) in [5.74, 6) is 0. The largest absolute Gasteiger partial charge is 0.420 e. The van der Waals surface area contributed by atoms with Crippen molar-refractivity contribution in [1.29, 1.82) is 0 Å². The van der Waals surface area contributed by atoms with Gasteiger partial charge >= 0.3 is 0 Å². The fourth-order valence-electron chi connectivity index (χ4n) is 0.877. The van der Waals surface area contributed by atoms with Crippen LogP contribution in [0.25, 0.3) is 0 Å². The molecule has 0 aliphatic carbocycles. The Morgan fingerprint density at radius 3 is 2.73 bits per heavy atom. The van der Waals surface area contributed by atoms with Crippen LogP contribution in [0.3, 0.4) is 0 Å². The molecule has 0 saturated heterocycles. The minimum atomic E-state index is -0.213. The van der Waals surface area contributed by atoms with Crippen LogP contribution in [0.2, 0.25) is 6.04 Å². The summed E-state index contributed by atoms with van der Waals surface area (Å²) in [5.41, 5.74) is 1.15. The lowest BCUT2D eigenvalue weighted by Crippen LogP contribution is -2.00. The quantitative estimate of drug-likeness (QED) is 0.325. The molecule has 0 amide bonds. The molecule has 0 aromatic rings. The molecule has 1 nitrogen and oxygen atoms in total. The normalized spacial score (nSPS) is 11.1. The average molecular weight is 172 g/mol. The summed E-state index contributed by atoms with van der Waals surface area (Å²) < 4.78 is 5.48. The van der Waals surface area contributed by atoms with Gasteiger partial charge in [0.15, 0.2) is 9.76 Å². The van der Waals surface area contributed by atoms with Gasteiger partial charge in [-0.15, -0.1) is 0 Å². The summed E-state index contributed by atoms with van der Waals surface area (Å²) in [5, 5.41) is 0. The third-order valence-corrected chi connectivity index (χ3v) is 2.77. The maximum absolute atomic E-state index is 5.48. The van der Waals surface area contributed by atoms with Crippen molar-refractivity contribution in [3.63, 3.8) is 0 Å². The molecule has 0 bridgehead atoms. The topological polar surface area (TPSA) is 9.23 Å². The van der Waals surface area contributed by atoms with Crippen LogP contribution in [0.5, 0.6) is 0 Å². The van der Waals surface area contributed by atoms with E-state index in [0.717, 1.165) is 12.2 Å². The van der Waals surface area contributed by atoms with E-state index in [1.54, 1.807) is 0 Å². The Hall–Kier alpha value is -0.0831. The fraction of sp³-hybridized carbons (Fsp3) is 0.778. The van der Waals surface area contributed by atoms with Gasteiger partial charge in [-0.1, -0.05) is 38.3 Å². The van der Waals surface area contributed by atoms with E-state index in [2.05, 4.69) is 13.5 Å². The van der Waals surface area contributed by atoms with Gasteiger partial charge in [0.05, 0.1) is 6.61 Å². The summed E-state index contributed by atoms with van der Waals surface area (Å²) in [6.45, 7) is 8.82. The van der Waals surface area contributed by atoms with Crippen LogP contribution in [0.15, 0.2) is 12.2 Å². The molecule has 0 fully saturated rings. The van der Waals surface area contributed by atoms with Gasteiger partial charge in [-0.25, -0.2) is 0 Å². The Bertz CT molecular complexity index is 102. The summed E-state index contributed by atoms with van der Waals surface area (Å²) in [6.07, 6.45) is 4.04. The van der Waals surface area contributed by atoms with Crippen LogP contribution in [-0.4, -0.2) is 16.4 Å². The van der Waals surface area contributed by atoms with Gasteiger partial charge in [0.2, 0.25) is 0 Å². The highest BCUT2D eigenvalue weighted by atomic mass is 28.2. The summed E-state index contributed by atoms with van der Waals surface area (Å²) in [4.78, 5) is 0. The van der Waals surface area contributed by atoms with Crippen LogP contribution in [0.4, 0.5) is 0 Å². The van der Waals surface area contributed by atoms with Gasteiger partial charge in [-0.2, -0.15) is 0 Å². The number of rotatable bonds is 7. The second-order valence-corrected chi connectivity index (χ2v) is 4.59. The molecule has 0 aliphatic heterocycles. The molecule has 0 aromatic heterocycles. The van der Waals surface area contributed by atoms with Crippen molar-refractivity contribution < 1.29 is 4.43 Å². The SMILES string of the molecule is C=C(C)CO[SiH2]CCCCC. The van der Waals surface area contributed by atoms with Gasteiger partial charge in [-0.3, -0.25) is 0 Å². The number of unbranched alkanes of at least 4 members (excludes halogenated alkanes) is 2. The molecule has 0 aliphatic rings. The minimum absolute atomic E-state index is 0.213. The third-order valence-electron chi connectivity index (χ3n) is 1.49.